The quantitative estimate of drug-likeness (QED) is 0.631. The molecular weight excluding hydrogens is 425 g/mol. The lowest BCUT2D eigenvalue weighted by atomic mass is 10.1. The lowest BCUT2D eigenvalue weighted by Crippen LogP contribution is -2.46. The SMILES string of the molecule is CCCNC(=O)c1nn(-c2ccc(C)cc2)c(=O)n(Cc2cccc(C(F)(F)F)c2)c1=O. The maximum absolute atomic E-state index is 13.1. The standard InChI is InChI=1S/C22H21F3N4O3/c1-3-11-26-19(30)18-20(31)28(13-15-5-4-6-16(12-15)22(23,24)25)21(32)29(27-18)17-9-7-14(2)8-10-17/h4-10,12H,3,11,13H2,1-2H3,(H,26,30). The second-order valence-corrected chi connectivity index (χ2v) is 7.22. The summed E-state index contributed by atoms with van der Waals surface area (Å²) < 4.78 is 40.8. The van der Waals surface area contributed by atoms with Crippen molar-refractivity contribution in [1.29, 1.82) is 0 Å². The Bertz CT molecular complexity index is 1250. The van der Waals surface area contributed by atoms with Gasteiger partial charge < -0.3 is 5.32 Å². The Morgan fingerprint density at radius 2 is 1.78 bits per heavy atom. The summed E-state index contributed by atoms with van der Waals surface area (Å²) in [5.41, 5.74) is -1.97. The fourth-order valence-electron chi connectivity index (χ4n) is 3.00. The molecule has 1 N–H and O–H groups in total. The van der Waals surface area contributed by atoms with E-state index < -0.39 is 41.1 Å². The molecule has 0 aliphatic carbocycles. The zero-order valence-corrected chi connectivity index (χ0v) is 17.4. The lowest BCUT2D eigenvalue weighted by Gasteiger charge is -2.13. The van der Waals surface area contributed by atoms with Gasteiger partial charge in [-0.25, -0.2) is 4.79 Å². The van der Waals surface area contributed by atoms with Gasteiger partial charge in [0.15, 0.2) is 0 Å². The first kappa shape index (κ1) is 23.0. The number of alkyl halides is 3. The van der Waals surface area contributed by atoms with E-state index in [0.717, 1.165) is 22.4 Å². The molecule has 0 radical (unpaired) electrons. The van der Waals surface area contributed by atoms with Crippen LogP contribution in [0, 0.1) is 6.92 Å². The lowest BCUT2D eigenvalue weighted by molar-refractivity contribution is -0.137. The Labute approximate surface area is 181 Å². The van der Waals surface area contributed by atoms with Gasteiger partial charge in [-0.05, 0) is 43.2 Å². The van der Waals surface area contributed by atoms with Gasteiger partial charge in [-0.3, -0.25) is 14.2 Å². The number of carbonyl (C=O) groups excluding carboxylic acids is 1. The Kier molecular flexibility index (Phi) is 6.61. The van der Waals surface area contributed by atoms with E-state index in [4.69, 9.17) is 0 Å². The summed E-state index contributed by atoms with van der Waals surface area (Å²) in [6.45, 7) is 3.51. The van der Waals surface area contributed by atoms with Crippen LogP contribution in [-0.2, 0) is 12.7 Å². The van der Waals surface area contributed by atoms with E-state index in [1.807, 2.05) is 13.8 Å². The zero-order valence-electron chi connectivity index (χ0n) is 17.4. The van der Waals surface area contributed by atoms with Gasteiger partial charge in [0.2, 0.25) is 5.69 Å². The second-order valence-electron chi connectivity index (χ2n) is 7.22. The molecule has 0 unspecified atom stereocenters. The average Bonchev–Trinajstić information content (AvgIpc) is 2.75. The molecule has 0 saturated carbocycles. The van der Waals surface area contributed by atoms with Crippen molar-refractivity contribution in [2.45, 2.75) is 33.0 Å². The van der Waals surface area contributed by atoms with Crippen molar-refractivity contribution in [2.75, 3.05) is 6.54 Å². The maximum Gasteiger partial charge on any atom is 0.416 e. The average molecular weight is 446 g/mol. The van der Waals surface area contributed by atoms with Gasteiger partial charge in [0.25, 0.3) is 11.5 Å². The largest absolute Gasteiger partial charge is 0.416 e. The normalized spacial score (nSPS) is 11.4. The minimum Gasteiger partial charge on any atom is -0.350 e. The van der Waals surface area contributed by atoms with Gasteiger partial charge in [0.05, 0.1) is 17.8 Å². The summed E-state index contributed by atoms with van der Waals surface area (Å²) in [5, 5.41) is 6.50. The zero-order chi connectivity index (χ0) is 23.5. The number of aromatic nitrogens is 3. The number of carbonyl (C=O) groups is 1. The molecule has 3 aromatic rings. The van der Waals surface area contributed by atoms with Crippen LogP contribution >= 0.6 is 0 Å². The molecule has 7 nitrogen and oxygen atoms in total. The Morgan fingerprint density at radius 1 is 1.09 bits per heavy atom. The Morgan fingerprint density at radius 3 is 2.41 bits per heavy atom. The molecule has 32 heavy (non-hydrogen) atoms. The van der Waals surface area contributed by atoms with Crippen LogP contribution in [0.15, 0.2) is 58.1 Å². The molecule has 0 saturated heterocycles. The fraction of sp³-hybridized carbons (Fsp3) is 0.273. The fourth-order valence-corrected chi connectivity index (χ4v) is 3.00. The topological polar surface area (TPSA) is 86.0 Å². The van der Waals surface area contributed by atoms with Crippen LogP contribution in [0.1, 0.15) is 40.5 Å². The van der Waals surface area contributed by atoms with E-state index in [2.05, 4.69) is 10.4 Å². The summed E-state index contributed by atoms with van der Waals surface area (Å²) in [6, 6.07) is 11.0. The summed E-state index contributed by atoms with van der Waals surface area (Å²) in [5.74, 6) is -0.768. The third kappa shape index (κ3) is 4.96. The summed E-state index contributed by atoms with van der Waals surface area (Å²) in [4.78, 5) is 38.5. The number of aryl methyl sites for hydroxylation is 1. The number of rotatable bonds is 6. The van der Waals surface area contributed by atoms with E-state index in [-0.39, 0.29) is 12.1 Å². The maximum atomic E-state index is 13.1. The summed E-state index contributed by atoms with van der Waals surface area (Å²) in [6.07, 6.45) is -3.96. The van der Waals surface area contributed by atoms with Crippen molar-refractivity contribution in [3.63, 3.8) is 0 Å². The molecule has 2 aromatic carbocycles. The van der Waals surface area contributed by atoms with E-state index >= 15 is 0 Å². The highest BCUT2D eigenvalue weighted by atomic mass is 19.4. The smallest absolute Gasteiger partial charge is 0.350 e. The Hall–Kier alpha value is -3.69. The van der Waals surface area contributed by atoms with E-state index in [9.17, 15) is 27.6 Å². The summed E-state index contributed by atoms with van der Waals surface area (Å²) in [7, 11) is 0. The van der Waals surface area contributed by atoms with Crippen molar-refractivity contribution in [1.82, 2.24) is 19.7 Å². The van der Waals surface area contributed by atoms with E-state index in [1.165, 1.54) is 12.1 Å². The minimum absolute atomic E-state index is 0.0839. The number of halogens is 3. The van der Waals surface area contributed by atoms with E-state index in [1.54, 1.807) is 24.3 Å². The van der Waals surface area contributed by atoms with Crippen LogP contribution in [0.4, 0.5) is 13.2 Å². The molecule has 0 aliphatic heterocycles. The third-order valence-corrected chi connectivity index (χ3v) is 4.68. The molecule has 168 valence electrons. The molecule has 3 rings (SSSR count). The van der Waals surface area contributed by atoms with Crippen LogP contribution in [0.3, 0.4) is 0 Å². The van der Waals surface area contributed by atoms with Crippen LogP contribution in [-0.4, -0.2) is 26.8 Å². The second kappa shape index (κ2) is 9.21. The number of hydrogen-bond acceptors (Lipinski definition) is 4. The first-order valence-electron chi connectivity index (χ1n) is 9.87. The van der Waals surface area contributed by atoms with Crippen molar-refractivity contribution < 1.29 is 18.0 Å². The van der Waals surface area contributed by atoms with Crippen molar-refractivity contribution in [2.24, 2.45) is 0 Å². The van der Waals surface area contributed by atoms with Gasteiger partial charge in [0, 0.05) is 6.54 Å². The molecule has 0 aliphatic rings. The van der Waals surface area contributed by atoms with Gasteiger partial charge in [-0.2, -0.15) is 23.0 Å². The molecule has 0 spiro atoms. The van der Waals surface area contributed by atoms with Gasteiger partial charge in [-0.1, -0.05) is 36.8 Å². The first-order chi connectivity index (χ1) is 15.1. The number of benzene rings is 2. The first-order valence-corrected chi connectivity index (χ1v) is 9.87. The summed E-state index contributed by atoms with van der Waals surface area (Å²) >= 11 is 0. The molecule has 0 bridgehead atoms. The van der Waals surface area contributed by atoms with Crippen molar-refractivity contribution >= 4 is 5.91 Å². The van der Waals surface area contributed by atoms with Crippen LogP contribution in [0.25, 0.3) is 5.69 Å². The molecule has 0 atom stereocenters. The predicted octanol–water partition coefficient (Wildman–Crippen LogP) is 2.91. The number of hydrogen-bond donors (Lipinski definition) is 1. The number of amides is 1. The van der Waals surface area contributed by atoms with Gasteiger partial charge in [-0.15, -0.1) is 0 Å². The van der Waals surface area contributed by atoms with E-state index in [0.29, 0.717) is 16.7 Å². The number of nitrogens with one attached hydrogen (secondary N) is 1. The Balaban J connectivity index is 2.17. The van der Waals surface area contributed by atoms with Gasteiger partial charge in [0.1, 0.15) is 0 Å². The van der Waals surface area contributed by atoms with Crippen LogP contribution in [0.5, 0.6) is 0 Å². The molecule has 1 heterocycles. The number of nitrogens with zero attached hydrogens (tertiary/aromatic N) is 3. The molecular formula is C22H21F3N4O3. The van der Waals surface area contributed by atoms with Crippen molar-refractivity contribution in [3.05, 3.63) is 91.8 Å². The molecule has 0 fully saturated rings. The minimum atomic E-state index is -4.58. The predicted molar refractivity (Wildman–Crippen MR) is 112 cm³/mol. The highest BCUT2D eigenvalue weighted by molar-refractivity contribution is 5.91. The van der Waals surface area contributed by atoms with Crippen molar-refractivity contribution in [3.8, 4) is 5.69 Å². The molecule has 10 heteroatoms. The molecule has 1 aromatic heterocycles. The van der Waals surface area contributed by atoms with Crippen LogP contribution in [0.2, 0.25) is 0 Å². The monoisotopic (exact) mass is 446 g/mol. The molecule has 1 amide bonds. The third-order valence-electron chi connectivity index (χ3n) is 4.68. The highest BCUT2D eigenvalue weighted by Gasteiger charge is 2.30. The highest BCUT2D eigenvalue weighted by Crippen LogP contribution is 2.29. The van der Waals surface area contributed by atoms with Gasteiger partial charge >= 0.3 is 11.9 Å². The van der Waals surface area contributed by atoms with Crippen LogP contribution < -0.4 is 16.6 Å².